The summed E-state index contributed by atoms with van der Waals surface area (Å²) in [5.41, 5.74) is 0.675. The summed E-state index contributed by atoms with van der Waals surface area (Å²) in [4.78, 5) is 28.8. The van der Waals surface area contributed by atoms with Crippen LogP contribution >= 0.6 is 11.6 Å². The van der Waals surface area contributed by atoms with Gasteiger partial charge in [-0.15, -0.1) is 0 Å². The minimum absolute atomic E-state index is 0.0160. The smallest absolute Gasteiger partial charge is 0.264 e. The fraction of sp³-hybridized carbons (Fsp3) is 0.375. The normalized spacial score (nSPS) is 15.7. The highest BCUT2D eigenvalue weighted by Crippen LogP contribution is 2.34. The summed E-state index contributed by atoms with van der Waals surface area (Å²) in [6.07, 6.45) is 4.89. The van der Waals surface area contributed by atoms with Crippen LogP contribution in [0.3, 0.4) is 0 Å². The van der Waals surface area contributed by atoms with Crippen molar-refractivity contribution in [1.82, 2.24) is 10.2 Å². The zero-order valence-electron chi connectivity index (χ0n) is 24.4. The predicted octanol–water partition coefficient (Wildman–Crippen LogP) is 5.31. The van der Waals surface area contributed by atoms with E-state index in [1.54, 1.807) is 31.2 Å². The van der Waals surface area contributed by atoms with Gasteiger partial charge in [-0.1, -0.05) is 49.1 Å². The SMILES string of the molecule is C[C@@H](C(=O)NC1CCCCC1)N(Cc1ccccc1Cl)C(=O)CN(c1ccc(F)cc1)S(=O)(=O)c1ccc2c(c1)OCCO2. The largest absolute Gasteiger partial charge is 0.486 e. The molecule has 1 aliphatic heterocycles. The third-order valence-corrected chi connectivity index (χ3v) is 10.1. The van der Waals surface area contributed by atoms with Crippen LogP contribution in [-0.4, -0.2) is 57.0 Å². The molecule has 12 heteroatoms. The van der Waals surface area contributed by atoms with E-state index in [9.17, 15) is 22.4 Å². The molecule has 0 saturated heterocycles. The van der Waals surface area contributed by atoms with Gasteiger partial charge in [-0.25, -0.2) is 12.8 Å². The minimum Gasteiger partial charge on any atom is -0.486 e. The summed E-state index contributed by atoms with van der Waals surface area (Å²) < 4.78 is 54.1. The number of fused-ring (bicyclic) bond motifs is 1. The van der Waals surface area contributed by atoms with Gasteiger partial charge in [-0.2, -0.15) is 0 Å². The number of nitrogens with one attached hydrogen (secondary N) is 1. The molecule has 9 nitrogen and oxygen atoms in total. The number of carbonyl (C=O) groups excluding carboxylic acids is 2. The van der Waals surface area contributed by atoms with Crippen molar-refractivity contribution in [3.8, 4) is 11.5 Å². The molecule has 1 N–H and O–H groups in total. The van der Waals surface area contributed by atoms with Gasteiger partial charge in [0.2, 0.25) is 11.8 Å². The van der Waals surface area contributed by atoms with Gasteiger partial charge in [0, 0.05) is 23.7 Å². The molecule has 2 amide bonds. The maximum Gasteiger partial charge on any atom is 0.264 e. The van der Waals surface area contributed by atoms with Crippen molar-refractivity contribution < 1.29 is 31.9 Å². The first-order valence-electron chi connectivity index (χ1n) is 14.6. The lowest BCUT2D eigenvalue weighted by molar-refractivity contribution is -0.139. The Morgan fingerprint density at radius 3 is 2.36 bits per heavy atom. The lowest BCUT2D eigenvalue weighted by Crippen LogP contribution is -2.53. The van der Waals surface area contributed by atoms with E-state index < -0.39 is 34.3 Å². The van der Waals surface area contributed by atoms with Crippen LogP contribution in [0.4, 0.5) is 10.1 Å². The molecule has 0 unspecified atom stereocenters. The van der Waals surface area contributed by atoms with Gasteiger partial charge in [-0.3, -0.25) is 13.9 Å². The quantitative estimate of drug-likeness (QED) is 0.321. The molecule has 1 atom stereocenters. The molecular weight excluding hydrogens is 609 g/mol. The van der Waals surface area contributed by atoms with E-state index in [1.165, 1.54) is 35.2 Å². The first kappa shape index (κ1) is 31.6. The number of anilines is 1. The Morgan fingerprint density at radius 1 is 0.977 bits per heavy atom. The Bertz CT molecular complexity index is 1600. The van der Waals surface area contributed by atoms with Crippen molar-refractivity contribution >= 4 is 39.1 Å². The fourth-order valence-corrected chi connectivity index (χ4v) is 7.03. The molecule has 1 saturated carbocycles. The van der Waals surface area contributed by atoms with Gasteiger partial charge in [0.1, 0.15) is 31.6 Å². The number of benzene rings is 3. The third-order valence-electron chi connectivity index (χ3n) is 7.91. The number of nitrogens with zero attached hydrogens (tertiary/aromatic N) is 2. The lowest BCUT2D eigenvalue weighted by Gasteiger charge is -2.33. The van der Waals surface area contributed by atoms with Gasteiger partial charge in [0.25, 0.3) is 10.0 Å². The lowest BCUT2D eigenvalue weighted by atomic mass is 9.95. The van der Waals surface area contributed by atoms with E-state index in [1.807, 2.05) is 0 Å². The molecule has 2 aliphatic rings. The second-order valence-corrected chi connectivity index (χ2v) is 13.2. The second-order valence-electron chi connectivity index (χ2n) is 10.9. The average Bonchev–Trinajstić information content (AvgIpc) is 3.03. The summed E-state index contributed by atoms with van der Waals surface area (Å²) in [7, 11) is -4.38. The van der Waals surface area contributed by atoms with Gasteiger partial charge in [0.05, 0.1) is 10.6 Å². The van der Waals surface area contributed by atoms with Crippen LogP contribution in [0.1, 0.15) is 44.6 Å². The molecule has 1 fully saturated rings. The summed E-state index contributed by atoms with van der Waals surface area (Å²) in [5, 5.41) is 3.47. The first-order chi connectivity index (χ1) is 21.1. The molecule has 3 aromatic carbocycles. The molecule has 1 aliphatic carbocycles. The van der Waals surface area contributed by atoms with Gasteiger partial charge < -0.3 is 19.7 Å². The Morgan fingerprint density at radius 2 is 1.66 bits per heavy atom. The number of carbonyl (C=O) groups is 2. The maximum absolute atomic E-state index is 14.1. The van der Waals surface area contributed by atoms with Crippen molar-refractivity contribution in [3.05, 3.63) is 83.1 Å². The maximum atomic E-state index is 14.1. The zero-order chi connectivity index (χ0) is 31.3. The molecule has 44 heavy (non-hydrogen) atoms. The molecule has 0 radical (unpaired) electrons. The third kappa shape index (κ3) is 7.27. The molecule has 234 valence electrons. The molecule has 0 spiro atoms. The average molecular weight is 644 g/mol. The van der Waals surface area contributed by atoms with E-state index in [4.69, 9.17) is 21.1 Å². The minimum atomic E-state index is -4.38. The fourth-order valence-electron chi connectivity index (χ4n) is 5.41. The number of ether oxygens (including phenoxy) is 2. The van der Waals surface area contributed by atoms with Crippen molar-refractivity contribution in [2.45, 2.75) is 62.6 Å². The number of hydrogen-bond donors (Lipinski definition) is 1. The highest BCUT2D eigenvalue weighted by Gasteiger charge is 2.34. The van der Waals surface area contributed by atoms with E-state index in [0.717, 1.165) is 48.5 Å². The van der Waals surface area contributed by atoms with Crippen LogP contribution in [0.15, 0.2) is 71.6 Å². The number of sulfonamides is 1. The van der Waals surface area contributed by atoms with Crippen LogP contribution < -0.4 is 19.1 Å². The number of rotatable bonds is 10. The summed E-state index contributed by atoms with van der Waals surface area (Å²) in [6, 6.07) is 15.1. The molecule has 1 heterocycles. The molecular formula is C32H35ClFN3O6S. The van der Waals surface area contributed by atoms with Crippen molar-refractivity contribution in [1.29, 1.82) is 0 Å². The molecule has 3 aromatic rings. The van der Waals surface area contributed by atoms with E-state index >= 15 is 0 Å². The van der Waals surface area contributed by atoms with Gasteiger partial charge in [-0.05, 0) is 67.8 Å². The topological polar surface area (TPSA) is 105 Å². The standard InChI is InChI=1S/C32H35ClFN3O6S/c1-22(32(39)35-25-8-3-2-4-9-25)36(20-23-7-5-6-10-28(23)33)31(38)21-37(26-13-11-24(34)12-14-26)44(40,41)27-15-16-29-30(19-27)43-18-17-42-29/h5-7,10-16,19,22,25H,2-4,8-9,17-18,20-21H2,1H3,(H,35,39)/t22-/m0/s1. The van der Waals surface area contributed by atoms with Crippen LogP contribution in [0.2, 0.25) is 5.02 Å². The van der Waals surface area contributed by atoms with Crippen molar-refractivity contribution in [2.24, 2.45) is 0 Å². The van der Waals surface area contributed by atoms with Gasteiger partial charge >= 0.3 is 0 Å². The van der Waals surface area contributed by atoms with E-state index in [2.05, 4.69) is 5.32 Å². The summed E-state index contributed by atoms with van der Waals surface area (Å²) >= 11 is 6.44. The van der Waals surface area contributed by atoms with Crippen molar-refractivity contribution in [3.63, 3.8) is 0 Å². The van der Waals surface area contributed by atoms with Crippen LogP contribution in [0, 0.1) is 5.82 Å². The highest BCUT2D eigenvalue weighted by molar-refractivity contribution is 7.92. The predicted molar refractivity (Wildman–Crippen MR) is 165 cm³/mol. The molecule has 0 bridgehead atoms. The van der Waals surface area contributed by atoms with Gasteiger partial charge in [0.15, 0.2) is 11.5 Å². The van der Waals surface area contributed by atoms with Crippen LogP contribution in [-0.2, 0) is 26.2 Å². The zero-order valence-corrected chi connectivity index (χ0v) is 26.0. The van der Waals surface area contributed by atoms with E-state index in [-0.39, 0.29) is 41.4 Å². The Hall–Kier alpha value is -3.83. The van der Waals surface area contributed by atoms with E-state index in [0.29, 0.717) is 22.9 Å². The number of amides is 2. The number of halogens is 2. The Labute approximate surface area is 261 Å². The summed E-state index contributed by atoms with van der Waals surface area (Å²) in [6.45, 7) is 1.52. The first-order valence-corrected chi connectivity index (χ1v) is 16.5. The molecule has 0 aromatic heterocycles. The Balaban J connectivity index is 1.48. The molecule has 5 rings (SSSR count). The van der Waals surface area contributed by atoms with Crippen LogP contribution in [0.25, 0.3) is 0 Å². The second kappa shape index (κ2) is 13.9. The Kier molecular flexibility index (Phi) is 9.95. The van der Waals surface area contributed by atoms with Crippen molar-refractivity contribution in [2.75, 3.05) is 24.1 Å². The highest BCUT2D eigenvalue weighted by atomic mass is 35.5. The van der Waals surface area contributed by atoms with Crippen LogP contribution in [0.5, 0.6) is 11.5 Å². The number of hydrogen-bond acceptors (Lipinski definition) is 6. The summed E-state index contributed by atoms with van der Waals surface area (Å²) in [5.74, 6) is -0.869. The monoisotopic (exact) mass is 643 g/mol.